The van der Waals surface area contributed by atoms with Crippen molar-refractivity contribution in [1.82, 2.24) is 14.4 Å². The zero-order chi connectivity index (χ0) is 24.2. The largest absolute Gasteiger partial charge is 0.497 e. The van der Waals surface area contributed by atoms with E-state index in [1.54, 1.807) is 7.11 Å². The molecule has 1 N–H and O–H groups in total. The SMILES string of the molecule is CCN(CC)CCC1c2ccc(Cl)cc2Nc2c1n(CCN(CC)CC)c1ccc(OC)cc21. The Kier molecular flexibility index (Phi) is 8.07. The molecule has 6 heteroatoms. The number of anilines is 2. The summed E-state index contributed by atoms with van der Waals surface area (Å²) >= 11 is 6.43. The van der Waals surface area contributed by atoms with Crippen LogP contribution < -0.4 is 10.1 Å². The van der Waals surface area contributed by atoms with Gasteiger partial charge in [-0.2, -0.15) is 0 Å². The molecule has 1 aromatic heterocycles. The molecule has 5 nitrogen and oxygen atoms in total. The third-order valence-corrected chi connectivity index (χ3v) is 7.69. The highest BCUT2D eigenvalue weighted by Crippen LogP contribution is 2.48. The maximum absolute atomic E-state index is 6.43. The van der Waals surface area contributed by atoms with E-state index in [9.17, 15) is 0 Å². The van der Waals surface area contributed by atoms with E-state index in [1.165, 1.54) is 27.8 Å². The van der Waals surface area contributed by atoms with Crippen molar-refractivity contribution in [2.45, 2.75) is 46.6 Å². The van der Waals surface area contributed by atoms with Crippen LogP contribution in [0.3, 0.4) is 0 Å². The molecule has 0 fully saturated rings. The number of aromatic nitrogens is 1. The number of hydrogen-bond acceptors (Lipinski definition) is 4. The average Bonchev–Trinajstić information content (AvgIpc) is 3.16. The number of ether oxygens (including phenoxy) is 1. The van der Waals surface area contributed by atoms with Gasteiger partial charge < -0.3 is 24.4 Å². The van der Waals surface area contributed by atoms with Crippen LogP contribution in [0, 0.1) is 0 Å². The van der Waals surface area contributed by atoms with Crippen molar-refractivity contribution in [2.75, 3.05) is 51.7 Å². The van der Waals surface area contributed by atoms with Gasteiger partial charge in [-0.3, -0.25) is 0 Å². The van der Waals surface area contributed by atoms with Crippen LogP contribution in [0.2, 0.25) is 5.02 Å². The van der Waals surface area contributed by atoms with Gasteiger partial charge in [0.15, 0.2) is 0 Å². The van der Waals surface area contributed by atoms with Gasteiger partial charge in [0.1, 0.15) is 5.75 Å². The third kappa shape index (κ3) is 4.79. The fourth-order valence-electron chi connectivity index (χ4n) is 5.36. The van der Waals surface area contributed by atoms with Crippen LogP contribution in [0.25, 0.3) is 10.9 Å². The molecule has 3 aromatic rings. The highest BCUT2D eigenvalue weighted by molar-refractivity contribution is 6.31. The molecule has 0 spiro atoms. The van der Waals surface area contributed by atoms with Crippen molar-refractivity contribution < 1.29 is 4.74 Å². The van der Waals surface area contributed by atoms with Gasteiger partial charge in [0.2, 0.25) is 0 Å². The van der Waals surface area contributed by atoms with E-state index in [4.69, 9.17) is 16.3 Å². The van der Waals surface area contributed by atoms with Gasteiger partial charge >= 0.3 is 0 Å². The lowest BCUT2D eigenvalue weighted by atomic mass is 9.87. The summed E-state index contributed by atoms with van der Waals surface area (Å²) in [5.41, 5.74) is 6.31. The summed E-state index contributed by atoms with van der Waals surface area (Å²) in [6.45, 7) is 16.3. The number of halogens is 1. The number of nitrogens with one attached hydrogen (secondary N) is 1. The van der Waals surface area contributed by atoms with Crippen LogP contribution in [0.5, 0.6) is 5.75 Å². The fourth-order valence-corrected chi connectivity index (χ4v) is 5.53. The van der Waals surface area contributed by atoms with Crippen LogP contribution in [-0.4, -0.2) is 60.7 Å². The summed E-state index contributed by atoms with van der Waals surface area (Å²) in [6, 6.07) is 12.8. The molecule has 1 aliphatic rings. The Morgan fingerprint density at radius 3 is 2.32 bits per heavy atom. The van der Waals surface area contributed by atoms with Crippen molar-refractivity contribution in [2.24, 2.45) is 0 Å². The Morgan fingerprint density at radius 1 is 0.941 bits per heavy atom. The summed E-state index contributed by atoms with van der Waals surface area (Å²) in [4.78, 5) is 5.01. The lowest BCUT2D eigenvalue weighted by molar-refractivity contribution is 0.285. The average molecular weight is 483 g/mol. The van der Waals surface area contributed by atoms with Gasteiger partial charge in [0.05, 0.1) is 24.0 Å². The minimum Gasteiger partial charge on any atom is -0.497 e. The molecule has 2 heterocycles. The minimum absolute atomic E-state index is 0.305. The van der Waals surface area contributed by atoms with Gasteiger partial charge in [-0.05, 0) is 75.0 Å². The van der Waals surface area contributed by atoms with Gasteiger partial charge in [-0.1, -0.05) is 45.4 Å². The Bertz CT molecular complexity index is 1120. The molecule has 184 valence electrons. The number of nitrogens with zero attached hydrogens (tertiary/aromatic N) is 3. The number of hydrogen-bond donors (Lipinski definition) is 1. The Labute approximate surface area is 209 Å². The van der Waals surface area contributed by atoms with Crippen LogP contribution in [0.15, 0.2) is 36.4 Å². The topological polar surface area (TPSA) is 32.7 Å². The Balaban J connectivity index is 1.86. The smallest absolute Gasteiger partial charge is 0.119 e. The number of rotatable bonds is 11. The standard InChI is InChI=1S/C28H39ClN4O/c1-6-31(7-2)15-14-23-22-12-10-20(29)18-25(22)30-27-24-19-21(34-5)11-13-26(24)33(28(23)27)17-16-32(8-3)9-4/h10-13,18-19,23,30H,6-9,14-17H2,1-5H3. The zero-order valence-corrected chi connectivity index (χ0v) is 22.1. The van der Waals surface area contributed by atoms with Crippen molar-refractivity contribution in [3.8, 4) is 5.75 Å². The number of methoxy groups -OCH3 is 1. The van der Waals surface area contributed by atoms with Crippen LogP contribution >= 0.6 is 11.6 Å². The molecule has 0 radical (unpaired) electrons. The molecule has 0 bridgehead atoms. The molecule has 0 aliphatic carbocycles. The quantitative estimate of drug-likeness (QED) is 0.335. The lowest BCUT2D eigenvalue weighted by Crippen LogP contribution is -2.29. The summed E-state index contributed by atoms with van der Waals surface area (Å²) in [6.07, 6.45) is 1.07. The van der Waals surface area contributed by atoms with E-state index >= 15 is 0 Å². The molecule has 2 aromatic carbocycles. The molecule has 0 saturated carbocycles. The summed E-state index contributed by atoms with van der Waals surface area (Å²) in [7, 11) is 1.74. The van der Waals surface area contributed by atoms with Crippen LogP contribution in [0.4, 0.5) is 11.4 Å². The van der Waals surface area contributed by atoms with Crippen molar-refractivity contribution in [1.29, 1.82) is 0 Å². The molecule has 4 rings (SSSR count). The van der Waals surface area contributed by atoms with E-state index in [0.29, 0.717) is 5.92 Å². The lowest BCUT2D eigenvalue weighted by Gasteiger charge is -2.31. The first-order valence-corrected chi connectivity index (χ1v) is 13.1. The van der Waals surface area contributed by atoms with E-state index in [2.05, 4.69) is 77.7 Å². The predicted octanol–water partition coefficient (Wildman–Crippen LogP) is 6.57. The second-order valence-electron chi connectivity index (χ2n) is 9.05. The summed E-state index contributed by atoms with van der Waals surface area (Å²) < 4.78 is 8.16. The fraction of sp³-hybridized carbons (Fsp3) is 0.500. The summed E-state index contributed by atoms with van der Waals surface area (Å²) in [5, 5.41) is 5.75. The molecular formula is C28H39ClN4O. The second kappa shape index (κ2) is 11.0. The zero-order valence-electron chi connectivity index (χ0n) is 21.3. The Hall–Kier alpha value is -2.21. The maximum Gasteiger partial charge on any atom is 0.119 e. The summed E-state index contributed by atoms with van der Waals surface area (Å²) in [5.74, 6) is 1.19. The molecule has 0 saturated heterocycles. The second-order valence-corrected chi connectivity index (χ2v) is 9.48. The van der Waals surface area contributed by atoms with Crippen molar-refractivity contribution in [3.05, 3.63) is 52.7 Å². The molecule has 1 aliphatic heterocycles. The number of benzene rings is 2. The molecule has 34 heavy (non-hydrogen) atoms. The highest BCUT2D eigenvalue weighted by atomic mass is 35.5. The first-order chi connectivity index (χ1) is 16.5. The normalized spacial score (nSPS) is 15.0. The highest BCUT2D eigenvalue weighted by Gasteiger charge is 2.32. The maximum atomic E-state index is 6.43. The van der Waals surface area contributed by atoms with Crippen molar-refractivity contribution in [3.63, 3.8) is 0 Å². The number of fused-ring (bicyclic) bond motifs is 4. The van der Waals surface area contributed by atoms with E-state index < -0.39 is 0 Å². The Morgan fingerprint density at radius 2 is 1.65 bits per heavy atom. The van der Waals surface area contributed by atoms with Crippen LogP contribution in [-0.2, 0) is 6.54 Å². The van der Waals surface area contributed by atoms with Crippen LogP contribution in [0.1, 0.15) is 51.3 Å². The number of likely N-dealkylation sites (N-methyl/N-ethyl adjacent to an activating group) is 1. The monoisotopic (exact) mass is 482 g/mol. The van der Waals surface area contributed by atoms with Gasteiger partial charge in [-0.25, -0.2) is 0 Å². The van der Waals surface area contributed by atoms with Gasteiger partial charge in [0.25, 0.3) is 0 Å². The van der Waals surface area contributed by atoms with E-state index in [1.807, 2.05) is 6.07 Å². The molecule has 1 atom stereocenters. The third-order valence-electron chi connectivity index (χ3n) is 7.45. The molecule has 0 amide bonds. The van der Waals surface area contributed by atoms with Gasteiger partial charge in [-0.15, -0.1) is 0 Å². The molecule has 1 unspecified atom stereocenters. The van der Waals surface area contributed by atoms with Crippen molar-refractivity contribution >= 4 is 33.9 Å². The van der Waals surface area contributed by atoms with Gasteiger partial charge in [0, 0.05) is 35.1 Å². The first kappa shape index (κ1) is 24.9. The first-order valence-electron chi connectivity index (χ1n) is 12.8. The van der Waals surface area contributed by atoms with E-state index in [0.717, 1.165) is 68.7 Å². The molecular weight excluding hydrogens is 444 g/mol. The predicted molar refractivity (Wildman–Crippen MR) is 145 cm³/mol. The van der Waals surface area contributed by atoms with E-state index in [-0.39, 0.29) is 0 Å². The minimum atomic E-state index is 0.305.